The van der Waals surface area contributed by atoms with Crippen molar-refractivity contribution in [1.82, 2.24) is 14.0 Å². The maximum absolute atomic E-state index is 11.8. The van der Waals surface area contributed by atoms with Crippen LogP contribution < -0.4 is 5.73 Å². The van der Waals surface area contributed by atoms with Crippen LogP contribution in [0.25, 0.3) is 5.78 Å². The largest absolute Gasteiger partial charge is 0.459 e. The molecule has 0 bridgehead atoms. The van der Waals surface area contributed by atoms with Crippen LogP contribution in [0.2, 0.25) is 0 Å². The van der Waals surface area contributed by atoms with Gasteiger partial charge in [-0.25, -0.2) is 4.98 Å². The number of ether oxygens (including phenoxy) is 1. The Balaban J connectivity index is 2.36. The number of aromatic nitrogens is 3. The molecular weight excluding hydrogens is 328 g/mol. The first-order valence-corrected chi connectivity index (χ1v) is 6.72. The molecule has 0 unspecified atom stereocenters. The predicted molar refractivity (Wildman–Crippen MR) is 75.2 cm³/mol. The molecule has 2 aromatic rings. The van der Waals surface area contributed by atoms with Gasteiger partial charge in [0.1, 0.15) is 22.4 Å². The van der Waals surface area contributed by atoms with E-state index in [1.165, 1.54) is 21.4 Å². The third-order valence-corrected chi connectivity index (χ3v) is 3.01. The van der Waals surface area contributed by atoms with E-state index in [2.05, 4.69) is 20.9 Å². The lowest BCUT2D eigenvalue weighted by Crippen LogP contribution is -2.26. The maximum atomic E-state index is 11.8. The summed E-state index contributed by atoms with van der Waals surface area (Å²) in [6.07, 6.45) is 3.02. The van der Waals surface area contributed by atoms with E-state index in [1.807, 2.05) is 0 Å². The topological polar surface area (TPSA) is 91.6 Å². The zero-order valence-electron chi connectivity index (χ0n) is 11.4. The molecule has 108 valence electrons. The number of nitrogens with two attached hydrogens (primary N) is 1. The summed E-state index contributed by atoms with van der Waals surface area (Å²) < 4.78 is 8.89. The number of esters is 1. The van der Waals surface area contributed by atoms with Crippen molar-refractivity contribution >= 4 is 33.6 Å². The molecule has 0 fully saturated rings. The van der Waals surface area contributed by atoms with Crippen molar-refractivity contribution in [1.29, 1.82) is 0 Å². The minimum Gasteiger partial charge on any atom is -0.459 e. The van der Waals surface area contributed by atoms with Gasteiger partial charge >= 0.3 is 5.97 Å². The molecule has 8 heteroatoms. The van der Waals surface area contributed by atoms with Gasteiger partial charge in [-0.3, -0.25) is 14.0 Å². The maximum Gasteiger partial charge on any atom is 0.326 e. The Labute approximate surface area is 123 Å². The molecule has 0 saturated carbocycles. The molecule has 0 atom stereocenters. The smallest absolute Gasteiger partial charge is 0.326 e. The monoisotopic (exact) mass is 342 g/mol. The average Bonchev–Trinajstić information content (AvgIpc) is 2.79. The number of rotatable bonds is 3. The summed E-state index contributed by atoms with van der Waals surface area (Å²) in [7, 11) is 0. The molecule has 0 aromatic carbocycles. The van der Waals surface area contributed by atoms with Gasteiger partial charge in [-0.15, -0.1) is 0 Å². The van der Waals surface area contributed by atoms with E-state index in [0.717, 1.165) is 0 Å². The van der Waals surface area contributed by atoms with Crippen LogP contribution >= 0.6 is 15.9 Å². The molecule has 7 nitrogen and oxygen atoms in total. The molecule has 0 aliphatic rings. The minimum atomic E-state index is -0.600. The Morgan fingerprint density at radius 2 is 2.10 bits per heavy atom. The fraction of sp³-hybridized carbons (Fsp3) is 0.417. The van der Waals surface area contributed by atoms with E-state index in [4.69, 9.17) is 10.5 Å². The van der Waals surface area contributed by atoms with E-state index < -0.39 is 17.5 Å². The first-order chi connectivity index (χ1) is 9.19. The number of hydrogen-bond donors (Lipinski definition) is 1. The zero-order chi connectivity index (χ0) is 15.1. The second-order valence-electron chi connectivity index (χ2n) is 5.31. The lowest BCUT2D eigenvalue weighted by Gasteiger charge is -2.19. The summed E-state index contributed by atoms with van der Waals surface area (Å²) in [4.78, 5) is 27.4. The van der Waals surface area contributed by atoms with Gasteiger partial charge in [0.25, 0.3) is 5.91 Å². The molecule has 0 aliphatic heterocycles. The van der Waals surface area contributed by atoms with Crippen LogP contribution in [0.5, 0.6) is 0 Å². The Kier molecular flexibility index (Phi) is 3.59. The lowest BCUT2D eigenvalue weighted by atomic mass is 10.2. The summed E-state index contributed by atoms with van der Waals surface area (Å²) in [5, 5.41) is 0. The first-order valence-electron chi connectivity index (χ1n) is 5.93. The Bertz CT molecular complexity index is 681. The Morgan fingerprint density at radius 1 is 1.45 bits per heavy atom. The quantitative estimate of drug-likeness (QED) is 0.852. The van der Waals surface area contributed by atoms with Crippen molar-refractivity contribution in [3.05, 3.63) is 22.7 Å². The number of imidazole rings is 2. The summed E-state index contributed by atoms with van der Waals surface area (Å²) in [6.45, 7) is 5.32. The van der Waals surface area contributed by atoms with Crippen molar-refractivity contribution in [2.24, 2.45) is 5.73 Å². The number of fused-ring (bicyclic) bond motifs is 1. The number of halogens is 1. The Morgan fingerprint density at radius 3 is 2.65 bits per heavy atom. The van der Waals surface area contributed by atoms with Crippen molar-refractivity contribution < 1.29 is 14.3 Å². The molecule has 20 heavy (non-hydrogen) atoms. The highest BCUT2D eigenvalue weighted by molar-refractivity contribution is 9.10. The Hall–Kier alpha value is -1.83. The lowest BCUT2D eigenvalue weighted by molar-refractivity contribution is -0.155. The fourth-order valence-corrected chi connectivity index (χ4v) is 2.27. The minimum absolute atomic E-state index is 0.0441. The SMILES string of the molecule is CC(C)(C)OC(=O)Cn1cc(C(N)=O)n2c(Br)cnc12. The van der Waals surface area contributed by atoms with Crippen molar-refractivity contribution in [3.8, 4) is 0 Å². The van der Waals surface area contributed by atoms with Gasteiger partial charge in [0.05, 0.1) is 6.20 Å². The molecular formula is C12H15BrN4O3. The number of primary amides is 1. The van der Waals surface area contributed by atoms with E-state index in [9.17, 15) is 9.59 Å². The highest BCUT2D eigenvalue weighted by Crippen LogP contribution is 2.18. The second-order valence-corrected chi connectivity index (χ2v) is 6.12. The average molecular weight is 343 g/mol. The number of amides is 1. The molecule has 2 heterocycles. The predicted octanol–water partition coefficient (Wildman–Crippen LogP) is 1.34. The highest BCUT2D eigenvalue weighted by atomic mass is 79.9. The van der Waals surface area contributed by atoms with Crippen LogP contribution in [-0.4, -0.2) is 31.4 Å². The third kappa shape index (κ3) is 2.84. The molecule has 0 aliphatic carbocycles. The van der Waals surface area contributed by atoms with Gasteiger partial charge in [0.15, 0.2) is 0 Å². The molecule has 2 rings (SSSR count). The number of nitrogens with zero attached hydrogens (tertiary/aromatic N) is 3. The van der Waals surface area contributed by atoms with Crippen molar-refractivity contribution in [2.75, 3.05) is 0 Å². The molecule has 0 saturated heterocycles. The zero-order valence-corrected chi connectivity index (χ0v) is 13.0. The van der Waals surface area contributed by atoms with Crippen LogP contribution in [-0.2, 0) is 16.1 Å². The fourth-order valence-electron chi connectivity index (χ4n) is 1.81. The molecule has 0 spiro atoms. The van der Waals surface area contributed by atoms with Crippen molar-refractivity contribution in [2.45, 2.75) is 32.9 Å². The van der Waals surface area contributed by atoms with Gasteiger partial charge < -0.3 is 15.0 Å². The van der Waals surface area contributed by atoms with E-state index >= 15 is 0 Å². The van der Waals surface area contributed by atoms with E-state index in [0.29, 0.717) is 10.4 Å². The normalized spacial score (nSPS) is 11.8. The highest BCUT2D eigenvalue weighted by Gasteiger charge is 2.21. The summed E-state index contributed by atoms with van der Waals surface area (Å²) in [6, 6.07) is 0. The number of carbonyl (C=O) groups excluding carboxylic acids is 2. The van der Waals surface area contributed by atoms with Crippen molar-refractivity contribution in [3.63, 3.8) is 0 Å². The van der Waals surface area contributed by atoms with Crippen LogP contribution in [0.1, 0.15) is 31.3 Å². The summed E-state index contributed by atoms with van der Waals surface area (Å²) in [5.41, 5.74) is 4.99. The van der Waals surface area contributed by atoms with Gasteiger partial charge in [-0.05, 0) is 36.7 Å². The van der Waals surface area contributed by atoms with Gasteiger partial charge in [-0.1, -0.05) is 0 Å². The van der Waals surface area contributed by atoms with Crippen LogP contribution in [0, 0.1) is 0 Å². The first kappa shape index (κ1) is 14.6. The van der Waals surface area contributed by atoms with Gasteiger partial charge in [0, 0.05) is 6.20 Å². The van der Waals surface area contributed by atoms with E-state index in [1.54, 1.807) is 20.8 Å². The molecule has 1 amide bonds. The second kappa shape index (κ2) is 4.93. The van der Waals surface area contributed by atoms with Crippen LogP contribution in [0.3, 0.4) is 0 Å². The molecule has 2 N–H and O–H groups in total. The van der Waals surface area contributed by atoms with Gasteiger partial charge in [-0.2, -0.15) is 0 Å². The molecule has 0 radical (unpaired) electrons. The van der Waals surface area contributed by atoms with Crippen LogP contribution in [0.15, 0.2) is 17.0 Å². The standard InChI is InChI=1S/C12H15BrN4O3/c1-12(2,3)20-9(18)6-16-5-7(10(14)19)17-8(13)4-15-11(16)17/h4-5H,6H2,1-3H3,(H2,14,19). The van der Waals surface area contributed by atoms with Crippen LogP contribution in [0.4, 0.5) is 0 Å². The number of carbonyl (C=O) groups is 2. The summed E-state index contributed by atoms with van der Waals surface area (Å²) in [5.74, 6) is -0.571. The molecule has 2 aromatic heterocycles. The number of hydrogen-bond acceptors (Lipinski definition) is 4. The summed E-state index contributed by atoms with van der Waals surface area (Å²) >= 11 is 3.28. The third-order valence-electron chi connectivity index (χ3n) is 2.45. The van der Waals surface area contributed by atoms with E-state index in [-0.39, 0.29) is 12.2 Å². The van der Waals surface area contributed by atoms with Gasteiger partial charge in [0.2, 0.25) is 5.78 Å².